The van der Waals surface area contributed by atoms with E-state index in [4.69, 9.17) is 0 Å². The molecule has 0 rings (SSSR count). The Morgan fingerprint density at radius 2 is 2.25 bits per heavy atom. The van der Waals surface area contributed by atoms with Gasteiger partial charge in [-0.1, -0.05) is 24.6 Å². The Hall–Kier alpha value is -0.520. The molecule has 0 N–H and O–H groups in total. The van der Waals surface area contributed by atoms with Crippen LogP contribution in [0.3, 0.4) is 0 Å². The van der Waals surface area contributed by atoms with E-state index in [0.29, 0.717) is 0 Å². The van der Waals surface area contributed by atoms with Gasteiger partial charge in [0.05, 0.1) is 0 Å². The van der Waals surface area contributed by atoms with Gasteiger partial charge in [0.15, 0.2) is 0 Å². The molecule has 0 saturated heterocycles. The fourth-order valence-corrected chi connectivity index (χ4v) is 0.576. The first kappa shape index (κ1) is 7.48. The van der Waals surface area contributed by atoms with Crippen LogP contribution in [0, 0.1) is 6.42 Å². The quantitative estimate of drug-likeness (QED) is 0.522. The van der Waals surface area contributed by atoms with E-state index in [1.165, 1.54) is 5.57 Å². The Labute approximate surface area is 51.9 Å². The second-order valence-electron chi connectivity index (χ2n) is 1.76. The van der Waals surface area contributed by atoms with Crippen molar-refractivity contribution in [2.75, 3.05) is 0 Å². The molecule has 0 spiro atoms. The van der Waals surface area contributed by atoms with Gasteiger partial charge in [0.2, 0.25) is 0 Å². The lowest BCUT2D eigenvalue weighted by Crippen LogP contribution is -1.70. The van der Waals surface area contributed by atoms with E-state index < -0.39 is 0 Å². The van der Waals surface area contributed by atoms with E-state index in [1.54, 1.807) is 0 Å². The lowest BCUT2D eigenvalue weighted by Gasteiger charge is -1.89. The smallest absolute Gasteiger partial charge is 0.00714 e. The van der Waals surface area contributed by atoms with Gasteiger partial charge in [-0.15, -0.1) is 6.58 Å². The van der Waals surface area contributed by atoms with Crippen LogP contribution < -0.4 is 0 Å². The topological polar surface area (TPSA) is 0 Å². The molecule has 0 aromatic carbocycles. The second-order valence-corrected chi connectivity index (χ2v) is 1.76. The zero-order valence-electron chi connectivity index (χ0n) is 5.65. The van der Waals surface area contributed by atoms with Crippen LogP contribution in [0.5, 0.6) is 0 Å². The number of hydrogen-bond donors (Lipinski definition) is 0. The fraction of sp³-hybridized carbons (Fsp3) is 0.375. The summed E-state index contributed by atoms with van der Waals surface area (Å²) in [4.78, 5) is 0. The molecule has 0 unspecified atom stereocenters. The van der Waals surface area contributed by atoms with Crippen LogP contribution in [0.2, 0.25) is 0 Å². The molecule has 1 radical (unpaired) electrons. The van der Waals surface area contributed by atoms with Gasteiger partial charge >= 0.3 is 0 Å². The molecule has 0 atom stereocenters. The summed E-state index contributed by atoms with van der Waals surface area (Å²) in [6.07, 6.45) is 7.09. The van der Waals surface area contributed by atoms with Crippen LogP contribution in [0.25, 0.3) is 0 Å². The Bertz CT molecular complexity index is 88.2. The predicted molar refractivity (Wildman–Crippen MR) is 38.5 cm³/mol. The van der Waals surface area contributed by atoms with Crippen LogP contribution >= 0.6 is 0 Å². The summed E-state index contributed by atoms with van der Waals surface area (Å²) in [5.74, 6) is 0. The minimum absolute atomic E-state index is 1.11. The molecule has 0 aliphatic rings. The first-order valence-corrected chi connectivity index (χ1v) is 2.93. The average Bonchev–Trinajstić information content (AvgIpc) is 1.68. The Morgan fingerprint density at radius 1 is 1.62 bits per heavy atom. The first-order valence-electron chi connectivity index (χ1n) is 2.93. The molecular weight excluding hydrogens is 96.1 g/mol. The van der Waals surface area contributed by atoms with Gasteiger partial charge in [0, 0.05) is 6.42 Å². The summed E-state index contributed by atoms with van der Waals surface area (Å²) in [5, 5.41) is 0. The van der Waals surface area contributed by atoms with E-state index in [1.807, 2.05) is 12.5 Å². The van der Waals surface area contributed by atoms with Crippen LogP contribution in [-0.4, -0.2) is 0 Å². The third-order valence-corrected chi connectivity index (χ3v) is 0.907. The molecule has 45 valence electrons. The van der Waals surface area contributed by atoms with Crippen molar-refractivity contribution in [1.29, 1.82) is 0 Å². The van der Waals surface area contributed by atoms with Crippen LogP contribution in [0.1, 0.15) is 20.3 Å². The van der Waals surface area contributed by atoms with E-state index in [9.17, 15) is 0 Å². The van der Waals surface area contributed by atoms with Crippen LogP contribution in [-0.2, 0) is 0 Å². The van der Waals surface area contributed by atoms with E-state index in [-0.39, 0.29) is 0 Å². The molecule has 0 heteroatoms. The third kappa shape index (κ3) is 3.66. The summed E-state index contributed by atoms with van der Waals surface area (Å²) in [5.41, 5.74) is 1.29. The molecular formula is C8H13. The summed E-state index contributed by atoms with van der Waals surface area (Å²) in [6.45, 7) is 7.79. The van der Waals surface area contributed by atoms with Gasteiger partial charge in [0.25, 0.3) is 0 Å². The fourth-order valence-electron chi connectivity index (χ4n) is 0.576. The highest BCUT2D eigenvalue weighted by Crippen LogP contribution is 1.98. The molecule has 0 nitrogen and oxygen atoms in total. The number of hydrogen-bond acceptors (Lipinski definition) is 0. The number of allylic oxidation sites excluding steroid dienone is 3. The van der Waals surface area contributed by atoms with E-state index >= 15 is 0 Å². The Morgan fingerprint density at radius 3 is 2.62 bits per heavy atom. The van der Waals surface area contributed by atoms with Crippen molar-refractivity contribution < 1.29 is 0 Å². The maximum absolute atomic E-state index is 3.59. The monoisotopic (exact) mass is 109 g/mol. The minimum atomic E-state index is 1.11. The first-order chi connectivity index (χ1) is 3.81. The van der Waals surface area contributed by atoms with Gasteiger partial charge in [-0.25, -0.2) is 0 Å². The summed E-state index contributed by atoms with van der Waals surface area (Å²) < 4.78 is 0. The molecule has 0 saturated carbocycles. The van der Waals surface area contributed by atoms with Gasteiger partial charge in [-0.05, 0) is 13.3 Å². The van der Waals surface area contributed by atoms with Gasteiger partial charge in [0.1, 0.15) is 0 Å². The lowest BCUT2D eigenvalue weighted by atomic mass is 10.2. The largest absolute Gasteiger partial charge is 0.102 e. The second kappa shape index (κ2) is 4.63. The summed E-state index contributed by atoms with van der Waals surface area (Å²) in [7, 11) is 0. The van der Waals surface area contributed by atoms with Crippen molar-refractivity contribution in [1.82, 2.24) is 0 Å². The highest BCUT2D eigenvalue weighted by molar-refractivity contribution is 5.16. The van der Waals surface area contributed by atoms with Gasteiger partial charge < -0.3 is 0 Å². The molecule has 0 aliphatic heterocycles. The van der Waals surface area contributed by atoms with Crippen molar-refractivity contribution in [3.8, 4) is 0 Å². The molecule has 8 heavy (non-hydrogen) atoms. The maximum atomic E-state index is 3.59. The zero-order chi connectivity index (χ0) is 6.41. The third-order valence-electron chi connectivity index (χ3n) is 0.907. The van der Waals surface area contributed by atoms with Crippen LogP contribution in [0.4, 0.5) is 0 Å². The lowest BCUT2D eigenvalue weighted by molar-refractivity contribution is 1.19. The molecule has 0 fully saturated rings. The average molecular weight is 109 g/mol. The van der Waals surface area contributed by atoms with E-state index in [2.05, 4.69) is 26.5 Å². The molecule has 0 amide bonds. The standard InChI is InChI=1S/C8H13/c1-4-6-8(3)7-5-2/h4,6-7H,1,5H2,2-3H3. The van der Waals surface area contributed by atoms with Crippen molar-refractivity contribution >= 4 is 0 Å². The normalized spacial score (nSPS) is 11.5. The molecule has 0 aliphatic carbocycles. The van der Waals surface area contributed by atoms with E-state index in [0.717, 1.165) is 6.42 Å². The SMILES string of the molecule is C=C[CH]C(C)=CCC. The van der Waals surface area contributed by atoms with Crippen molar-refractivity contribution in [2.24, 2.45) is 0 Å². The zero-order valence-corrected chi connectivity index (χ0v) is 5.65. The highest BCUT2D eigenvalue weighted by Gasteiger charge is 1.79. The predicted octanol–water partition coefficient (Wildman–Crippen LogP) is 2.73. The molecule has 0 aromatic rings. The highest BCUT2D eigenvalue weighted by atomic mass is 13.9. The van der Waals surface area contributed by atoms with Gasteiger partial charge in [-0.3, -0.25) is 0 Å². The summed E-state index contributed by atoms with van der Waals surface area (Å²) in [6, 6.07) is 0. The van der Waals surface area contributed by atoms with Crippen LogP contribution in [0.15, 0.2) is 24.3 Å². The summed E-state index contributed by atoms with van der Waals surface area (Å²) >= 11 is 0. The Kier molecular flexibility index (Phi) is 4.33. The van der Waals surface area contributed by atoms with Crippen molar-refractivity contribution in [3.63, 3.8) is 0 Å². The van der Waals surface area contributed by atoms with Gasteiger partial charge in [-0.2, -0.15) is 0 Å². The maximum Gasteiger partial charge on any atom is 0.00714 e. The molecule has 0 aromatic heterocycles. The van der Waals surface area contributed by atoms with Crippen molar-refractivity contribution in [2.45, 2.75) is 20.3 Å². The minimum Gasteiger partial charge on any atom is -0.102 e. The molecule has 0 heterocycles. The molecule has 0 bridgehead atoms. The number of rotatable bonds is 3. The Balaban J connectivity index is 3.44. The van der Waals surface area contributed by atoms with Crippen molar-refractivity contribution in [3.05, 3.63) is 30.7 Å².